The molecule has 4 rings (SSSR count). The van der Waals surface area contributed by atoms with Crippen LogP contribution in [0.3, 0.4) is 0 Å². The average Bonchev–Trinajstić information content (AvgIpc) is 3.26. The van der Waals surface area contributed by atoms with Crippen molar-refractivity contribution in [2.24, 2.45) is 0 Å². The van der Waals surface area contributed by atoms with Gasteiger partial charge in [0, 0.05) is 11.5 Å². The molecule has 4 aromatic rings. The van der Waals surface area contributed by atoms with E-state index in [1.54, 1.807) is 43.5 Å². The molecule has 0 saturated carbocycles. The second-order valence-electron chi connectivity index (χ2n) is 6.34. The van der Waals surface area contributed by atoms with Crippen LogP contribution in [0, 0.1) is 0 Å². The van der Waals surface area contributed by atoms with Gasteiger partial charge < -0.3 is 23.8 Å². The summed E-state index contributed by atoms with van der Waals surface area (Å²) >= 11 is 0. The topological polar surface area (TPSA) is 104 Å². The van der Waals surface area contributed by atoms with Crippen molar-refractivity contribution in [1.29, 1.82) is 0 Å². The molecule has 1 aromatic heterocycles. The Hall–Kier alpha value is -4.07. The molecule has 0 aliphatic carbocycles. The summed E-state index contributed by atoms with van der Waals surface area (Å²) in [6.07, 6.45) is 0. The molecule has 8 heteroatoms. The Morgan fingerprint density at radius 3 is 2.70 bits per heavy atom. The molecule has 0 atom stereocenters. The number of aromatic nitrogens is 2. The molecule has 0 fully saturated rings. The second kappa shape index (κ2) is 8.12. The van der Waals surface area contributed by atoms with Gasteiger partial charge in [0.05, 0.1) is 19.8 Å². The van der Waals surface area contributed by atoms with Crippen molar-refractivity contribution in [3.63, 3.8) is 0 Å². The van der Waals surface area contributed by atoms with Crippen molar-refractivity contribution >= 4 is 16.7 Å². The van der Waals surface area contributed by atoms with Crippen LogP contribution in [0.1, 0.15) is 16.2 Å². The van der Waals surface area contributed by atoms with Gasteiger partial charge in [0.15, 0.2) is 6.61 Å². The van der Waals surface area contributed by atoms with Crippen LogP contribution in [-0.2, 0) is 11.3 Å². The summed E-state index contributed by atoms with van der Waals surface area (Å²) in [5.41, 5.74) is 0.664. The largest absolute Gasteiger partial charge is 0.506 e. The molecule has 0 radical (unpaired) electrons. The van der Waals surface area contributed by atoms with E-state index >= 15 is 0 Å². The SMILES string of the molecule is COc1ccc(-c2noc(COC(=O)c3ccc4ccccc4c3O)n2)c(OC)c1. The number of ether oxygens (including phenoxy) is 3. The molecular formula is C22H18N2O6. The number of aromatic hydroxyl groups is 1. The molecule has 0 bridgehead atoms. The molecule has 3 aromatic carbocycles. The zero-order valence-electron chi connectivity index (χ0n) is 16.3. The highest BCUT2D eigenvalue weighted by atomic mass is 16.6. The van der Waals surface area contributed by atoms with Crippen molar-refractivity contribution in [2.75, 3.05) is 14.2 Å². The number of rotatable bonds is 6. The van der Waals surface area contributed by atoms with Crippen molar-refractivity contribution in [3.8, 4) is 28.6 Å². The van der Waals surface area contributed by atoms with Crippen molar-refractivity contribution < 1.29 is 28.6 Å². The van der Waals surface area contributed by atoms with Crippen LogP contribution < -0.4 is 9.47 Å². The lowest BCUT2D eigenvalue weighted by atomic mass is 10.1. The standard InChI is InChI=1S/C22H18N2O6/c1-27-14-8-10-16(18(11-14)28-2)21-23-19(30-24-21)12-29-22(26)17-9-7-13-5-3-4-6-15(13)20(17)25/h3-11,25H,12H2,1-2H3. The number of nitrogens with zero attached hydrogens (tertiary/aromatic N) is 2. The Labute approximate surface area is 171 Å². The van der Waals surface area contributed by atoms with E-state index in [4.69, 9.17) is 18.7 Å². The number of hydrogen-bond donors (Lipinski definition) is 1. The maximum atomic E-state index is 12.4. The highest BCUT2D eigenvalue weighted by molar-refractivity contribution is 6.01. The second-order valence-corrected chi connectivity index (χ2v) is 6.34. The summed E-state index contributed by atoms with van der Waals surface area (Å²) in [4.78, 5) is 16.7. The Bertz CT molecular complexity index is 1220. The molecular weight excluding hydrogens is 388 g/mol. The first-order valence-electron chi connectivity index (χ1n) is 9.03. The quantitative estimate of drug-likeness (QED) is 0.480. The number of benzene rings is 3. The number of fused-ring (bicyclic) bond motifs is 1. The van der Waals surface area contributed by atoms with E-state index < -0.39 is 5.97 Å². The van der Waals surface area contributed by atoms with Crippen molar-refractivity contribution in [3.05, 3.63) is 66.1 Å². The lowest BCUT2D eigenvalue weighted by molar-refractivity contribution is 0.0427. The van der Waals surface area contributed by atoms with Crippen LogP contribution >= 0.6 is 0 Å². The monoisotopic (exact) mass is 406 g/mol. The van der Waals surface area contributed by atoms with Crippen LogP contribution in [0.2, 0.25) is 0 Å². The Balaban J connectivity index is 1.50. The zero-order valence-corrected chi connectivity index (χ0v) is 16.3. The van der Waals surface area contributed by atoms with E-state index in [-0.39, 0.29) is 29.6 Å². The lowest BCUT2D eigenvalue weighted by Gasteiger charge is -2.07. The van der Waals surface area contributed by atoms with Gasteiger partial charge in [0.1, 0.15) is 22.8 Å². The van der Waals surface area contributed by atoms with Crippen LogP contribution in [0.25, 0.3) is 22.2 Å². The summed E-state index contributed by atoms with van der Waals surface area (Å²) in [5.74, 6) is 0.709. The number of esters is 1. The molecule has 0 unspecified atom stereocenters. The van der Waals surface area contributed by atoms with Crippen LogP contribution in [-0.4, -0.2) is 35.4 Å². The van der Waals surface area contributed by atoms with Crippen LogP contribution in [0.4, 0.5) is 0 Å². The molecule has 152 valence electrons. The summed E-state index contributed by atoms with van der Waals surface area (Å²) in [6, 6.07) is 15.7. The molecule has 0 aliphatic heterocycles. The minimum Gasteiger partial charge on any atom is -0.506 e. The first-order valence-corrected chi connectivity index (χ1v) is 9.03. The van der Waals surface area contributed by atoms with Gasteiger partial charge >= 0.3 is 5.97 Å². The van der Waals surface area contributed by atoms with E-state index in [1.165, 1.54) is 13.2 Å². The van der Waals surface area contributed by atoms with Gasteiger partial charge in [-0.25, -0.2) is 4.79 Å². The highest BCUT2D eigenvalue weighted by Gasteiger charge is 2.18. The summed E-state index contributed by atoms with van der Waals surface area (Å²) in [6.45, 7) is -0.240. The smallest absolute Gasteiger partial charge is 0.342 e. The fourth-order valence-corrected chi connectivity index (χ4v) is 3.03. The van der Waals surface area contributed by atoms with Crippen molar-refractivity contribution in [2.45, 2.75) is 6.61 Å². The molecule has 0 amide bonds. The maximum absolute atomic E-state index is 12.4. The average molecular weight is 406 g/mol. The Morgan fingerprint density at radius 2 is 1.90 bits per heavy atom. The molecule has 1 heterocycles. The van der Waals surface area contributed by atoms with Gasteiger partial charge in [0.2, 0.25) is 5.82 Å². The molecule has 0 saturated heterocycles. The summed E-state index contributed by atoms with van der Waals surface area (Å²) in [7, 11) is 3.08. The minimum atomic E-state index is -0.694. The van der Waals surface area contributed by atoms with Crippen LogP contribution in [0.15, 0.2) is 59.1 Å². The molecule has 0 aliphatic rings. The van der Waals surface area contributed by atoms with Crippen molar-refractivity contribution in [1.82, 2.24) is 10.1 Å². The third-order valence-corrected chi connectivity index (χ3v) is 4.56. The normalized spacial score (nSPS) is 10.7. The zero-order chi connectivity index (χ0) is 21.1. The predicted octanol–water partition coefficient (Wildman–Crippen LogP) is 3.97. The van der Waals surface area contributed by atoms with E-state index in [1.807, 2.05) is 12.1 Å². The van der Waals surface area contributed by atoms with E-state index in [0.29, 0.717) is 22.4 Å². The number of phenolic OH excluding ortho intramolecular Hbond substituents is 1. The summed E-state index contributed by atoms with van der Waals surface area (Å²) in [5, 5.41) is 15.7. The fourth-order valence-electron chi connectivity index (χ4n) is 3.03. The molecule has 8 nitrogen and oxygen atoms in total. The molecule has 1 N–H and O–H groups in total. The van der Waals surface area contributed by atoms with E-state index in [0.717, 1.165) is 5.39 Å². The maximum Gasteiger partial charge on any atom is 0.342 e. The first kappa shape index (κ1) is 19.3. The number of hydrogen-bond acceptors (Lipinski definition) is 8. The van der Waals surface area contributed by atoms with Gasteiger partial charge in [-0.2, -0.15) is 4.98 Å². The van der Waals surface area contributed by atoms with Crippen LogP contribution in [0.5, 0.6) is 17.2 Å². The van der Waals surface area contributed by atoms with Gasteiger partial charge in [-0.15, -0.1) is 0 Å². The van der Waals surface area contributed by atoms with Gasteiger partial charge in [-0.3, -0.25) is 0 Å². The van der Waals surface area contributed by atoms with E-state index in [9.17, 15) is 9.90 Å². The third kappa shape index (κ3) is 3.62. The number of carbonyl (C=O) groups excluding carboxylic acids is 1. The van der Waals surface area contributed by atoms with Gasteiger partial charge in [0.25, 0.3) is 5.89 Å². The number of carbonyl (C=O) groups is 1. The molecule has 0 spiro atoms. The Kier molecular flexibility index (Phi) is 5.21. The first-order chi connectivity index (χ1) is 14.6. The fraction of sp³-hybridized carbons (Fsp3) is 0.136. The predicted molar refractivity (Wildman–Crippen MR) is 108 cm³/mol. The third-order valence-electron chi connectivity index (χ3n) is 4.56. The molecule has 30 heavy (non-hydrogen) atoms. The number of methoxy groups -OCH3 is 2. The number of phenols is 1. The minimum absolute atomic E-state index is 0.0604. The highest BCUT2D eigenvalue weighted by Crippen LogP contribution is 2.32. The Morgan fingerprint density at radius 1 is 1.07 bits per heavy atom. The van der Waals surface area contributed by atoms with Gasteiger partial charge in [-0.05, 0) is 23.6 Å². The van der Waals surface area contributed by atoms with Gasteiger partial charge in [-0.1, -0.05) is 35.5 Å². The summed E-state index contributed by atoms with van der Waals surface area (Å²) < 4.78 is 20.9. The van der Waals surface area contributed by atoms with E-state index in [2.05, 4.69) is 10.1 Å². The lowest BCUT2D eigenvalue weighted by Crippen LogP contribution is -2.06.